The summed E-state index contributed by atoms with van der Waals surface area (Å²) in [4.78, 5) is 0. The number of fused-ring (bicyclic) bond motifs is 11. The Morgan fingerprint density at radius 3 is 1.54 bits per heavy atom. The Labute approximate surface area is 307 Å². The molecule has 1 aromatic heterocycles. The van der Waals surface area contributed by atoms with Crippen molar-refractivity contribution in [2.75, 3.05) is 0 Å². The minimum Gasteiger partial charge on any atom is -0.135 e. The van der Waals surface area contributed by atoms with Gasteiger partial charge in [-0.25, -0.2) is 0 Å². The zero-order valence-corrected chi connectivity index (χ0v) is 29.9. The predicted octanol–water partition coefficient (Wildman–Crippen LogP) is 14.8. The topological polar surface area (TPSA) is 0 Å². The fourth-order valence-corrected chi connectivity index (χ4v) is 10.6. The molecule has 1 heterocycles. The maximum absolute atomic E-state index is 2.46. The van der Waals surface area contributed by atoms with E-state index in [9.17, 15) is 0 Å². The van der Waals surface area contributed by atoms with E-state index in [1.165, 1.54) is 108 Å². The number of thiophene rings is 1. The first kappa shape index (κ1) is 29.7. The molecule has 52 heavy (non-hydrogen) atoms. The second kappa shape index (κ2) is 11.0. The average Bonchev–Trinajstić information content (AvgIpc) is 3.69. The molecule has 0 spiro atoms. The van der Waals surface area contributed by atoms with Crippen molar-refractivity contribution in [2.45, 2.75) is 19.3 Å². The van der Waals surface area contributed by atoms with Gasteiger partial charge < -0.3 is 0 Å². The van der Waals surface area contributed by atoms with Crippen molar-refractivity contribution in [2.24, 2.45) is 0 Å². The van der Waals surface area contributed by atoms with E-state index < -0.39 is 0 Å². The van der Waals surface area contributed by atoms with E-state index in [4.69, 9.17) is 0 Å². The molecule has 10 aromatic rings. The van der Waals surface area contributed by atoms with Crippen molar-refractivity contribution in [3.05, 3.63) is 181 Å². The van der Waals surface area contributed by atoms with Crippen LogP contribution in [0.4, 0.5) is 0 Å². The van der Waals surface area contributed by atoms with Crippen LogP contribution in [0.3, 0.4) is 0 Å². The summed E-state index contributed by atoms with van der Waals surface area (Å²) >= 11 is 1.93. The highest BCUT2D eigenvalue weighted by molar-refractivity contribution is 7.26. The normalized spacial score (nSPS) is 13.3. The third-order valence-electron chi connectivity index (χ3n) is 11.6. The summed E-state index contributed by atoms with van der Waals surface area (Å²) in [6, 6.07) is 63.2. The number of benzene rings is 9. The molecule has 1 heteroatoms. The van der Waals surface area contributed by atoms with E-state index in [1.54, 1.807) is 0 Å². The molecule has 244 valence electrons. The van der Waals surface area contributed by atoms with Gasteiger partial charge in [-0.15, -0.1) is 11.3 Å². The Morgan fingerprint density at radius 2 is 0.885 bits per heavy atom. The molecule has 0 amide bonds. The Morgan fingerprint density at radius 1 is 0.365 bits per heavy atom. The molecule has 1 aliphatic rings. The molecule has 0 nitrogen and oxygen atoms in total. The maximum Gasteiger partial charge on any atom is 0.0368 e. The van der Waals surface area contributed by atoms with E-state index in [0.29, 0.717) is 0 Å². The zero-order valence-electron chi connectivity index (χ0n) is 29.1. The Bertz CT molecular complexity index is 3010. The van der Waals surface area contributed by atoms with Gasteiger partial charge in [-0.2, -0.15) is 0 Å². The molecular formula is C51H34S. The van der Waals surface area contributed by atoms with Gasteiger partial charge in [-0.05, 0) is 100 Å². The zero-order chi connectivity index (χ0) is 34.6. The van der Waals surface area contributed by atoms with Crippen LogP contribution in [-0.4, -0.2) is 0 Å². The third-order valence-corrected chi connectivity index (χ3v) is 12.7. The van der Waals surface area contributed by atoms with Crippen LogP contribution in [-0.2, 0) is 5.41 Å². The first-order valence-corrected chi connectivity index (χ1v) is 19.0. The molecule has 0 N–H and O–H groups in total. The van der Waals surface area contributed by atoms with Crippen molar-refractivity contribution >= 4 is 63.8 Å². The lowest BCUT2D eigenvalue weighted by Crippen LogP contribution is -2.15. The van der Waals surface area contributed by atoms with E-state index in [-0.39, 0.29) is 5.41 Å². The first-order chi connectivity index (χ1) is 25.6. The Hall–Kier alpha value is -6.02. The van der Waals surface area contributed by atoms with Crippen LogP contribution in [0.5, 0.6) is 0 Å². The van der Waals surface area contributed by atoms with Crippen LogP contribution in [0.25, 0.3) is 97.0 Å². The Kier molecular flexibility index (Phi) is 6.27. The van der Waals surface area contributed by atoms with Gasteiger partial charge in [0.05, 0.1) is 0 Å². The minimum atomic E-state index is -0.0668. The highest BCUT2D eigenvalue weighted by Gasteiger charge is 2.37. The van der Waals surface area contributed by atoms with Crippen LogP contribution in [0, 0.1) is 0 Å². The molecule has 0 saturated carbocycles. The van der Waals surface area contributed by atoms with Crippen LogP contribution < -0.4 is 0 Å². The Balaban J connectivity index is 1.11. The molecule has 0 unspecified atom stereocenters. The molecule has 0 saturated heterocycles. The monoisotopic (exact) mass is 678 g/mol. The quantitative estimate of drug-likeness (QED) is 0.163. The summed E-state index contributed by atoms with van der Waals surface area (Å²) < 4.78 is 2.71. The maximum atomic E-state index is 2.46. The summed E-state index contributed by atoms with van der Waals surface area (Å²) in [7, 11) is 0. The lowest BCUT2D eigenvalue weighted by molar-refractivity contribution is 0.667. The van der Waals surface area contributed by atoms with Crippen LogP contribution in [0.2, 0.25) is 0 Å². The van der Waals surface area contributed by atoms with Crippen molar-refractivity contribution in [3.8, 4) is 44.5 Å². The number of hydrogen-bond donors (Lipinski definition) is 0. The van der Waals surface area contributed by atoms with Crippen molar-refractivity contribution < 1.29 is 0 Å². The second-order valence-corrected chi connectivity index (χ2v) is 15.8. The predicted molar refractivity (Wildman–Crippen MR) is 226 cm³/mol. The van der Waals surface area contributed by atoms with Gasteiger partial charge in [-0.1, -0.05) is 172 Å². The second-order valence-electron chi connectivity index (χ2n) is 14.8. The molecule has 0 aliphatic heterocycles. The lowest BCUT2D eigenvalue weighted by Gasteiger charge is -2.22. The van der Waals surface area contributed by atoms with E-state index >= 15 is 0 Å². The third kappa shape index (κ3) is 4.09. The van der Waals surface area contributed by atoms with Crippen LogP contribution in [0.1, 0.15) is 25.0 Å². The highest BCUT2D eigenvalue weighted by Crippen LogP contribution is 2.55. The van der Waals surface area contributed by atoms with Gasteiger partial charge in [0.2, 0.25) is 0 Å². The molecule has 0 atom stereocenters. The largest absolute Gasteiger partial charge is 0.135 e. The number of hydrogen-bond acceptors (Lipinski definition) is 1. The highest BCUT2D eigenvalue weighted by atomic mass is 32.1. The van der Waals surface area contributed by atoms with Crippen molar-refractivity contribution in [3.63, 3.8) is 0 Å². The summed E-state index contributed by atoms with van der Waals surface area (Å²) in [5.74, 6) is 0. The SMILES string of the molecule is CC1(C)c2ccccc2-c2ccc3sc4cc(-c5ccc(-c6c7ccccc7c(-c7ccccc7)c7ccccc67)cc5)c5ccccc5c4c3c21. The van der Waals surface area contributed by atoms with E-state index in [0.717, 1.165) is 0 Å². The molecule has 0 fully saturated rings. The molecule has 11 rings (SSSR count). The van der Waals surface area contributed by atoms with Gasteiger partial charge in [0.25, 0.3) is 0 Å². The van der Waals surface area contributed by atoms with Gasteiger partial charge in [0.1, 0.15) is 0 Å². The first-order valence-electron chi connectivity index (χ1n) is 18.2. The smallest absolute Gasteiger partial charge is 0.0368 e. The fourth-order valence-electron chi connectivity index (χ4n) is 9.41. The van der Waals surface area contributed by atoms with E-state index in [1.807, 2.05) is 11.3 Å². The molecular weight excluding hydrogens is 645 g/mol. The fraction of sp³-hybridized carbons (Fsp3) is 0.0588. The lowest BCUT2D eigenvalue weighted by atomic mass is 9.80. The summed E-state index contributed by atoms with van der Waals surface area (Å²) in [6.45, 7) is 4.81. The van der Waals surface area contributed by atoms with Crippen LogP contribution >= 0.6 is 11.3 Å². The van der Waals surface area contributed by atoms with Gasteiger partial charge in [-0.3, -0.25) is 0 Å². The summed E-state index contributed by atoms with van der Waals surface area (Å²) in [5.41, 5.74) is 13.2. The molecule has 0 bridgehead atoms. The minimum absolute atomic E-state index is 0.0668. The van der Waals surface area contributed by atoms with E-state index in [2.05, 4.69) is 184 Å². The van der Waals surface area contributed by atoms with Crippen molar-refractivity contribution in [1.29, 1.82) is 0 Å². The van der Waals surface area contributed by atoms with Gasteiger partial charge >= 0.3 is 0 Å². The van der Waals surface area contributed by atoms with Gasteiger partial charge in [0.15, 0.2) is 0 Å². The summed E-state index contributed by atoms with van der Waals surface area (Å²) in [6.07, 6.45) is 0. The molecule has 9 aromatic carbocycles. The summed E-state index contributed by atoms with van der Waals surface area (Å²) in [5, 5.41) is 10.6. The van der Waals surface area contributed by atoms with Crippen molar-refractivity contribution in [1.82, 2.24) is 0 Å². The van der Waals surface area contributed by atoms with Crippen LogP contribution in [0.15, 0.2) is 170 Å². The van der Waals surface area contributed by atoms with Gasteiger partial charge in [0, 0.05) is 25.6 Å². The number of rotatable bonds is 3. The standard InChI is InChI=1S/C51H34S/c1-51(2)43-23-13-12-17-35(43)41-28-29-44-49(50(41)51)48-36-18-7-6-16-34(36)42(30-45(48)52-44)31-24-26-33(27-25-31)47-39-21-10-8-19-37(39)46(32-14-4-3-5-15-32)38-20-9-11-22-40(38)47/h3-30H,1-2H3. The molecule has 1 aliphatic carbocycles. The average molecular weight is 679 g/mol. The molecule has 0 radical (unpaired) electrons.